The van der Waals surface area contributed by atoms with Crippen LogP contribution in [0.15, 0.2) is 48.5 Å². The van der Waals surface area contributed by atoms with E-state index in [4.69, 9.17) is 24.5 Å². The molecule has 0 unspecified atom stereocenters. The van der Waals surface area contributed by atoms with Gasteiger partial charge in [0.15, 0.2) is 0 Å². The molecule has 0 aliphatic carbocycles. The summed E-state index contributed by atoms with van der Waals surface area (Å²) in [6.07, 6.45) is 4.60. The molecule has 0 atom stereocenters. The molecule has 2 aromatic rings. The zero-order chi connectivity index (χ0) is 24.4. The molecule has 1 saturated heterocycles. The van der Waals surface area contributed by atoms with E-state index >= 15 is 0 Å². The fourth-order valence-corrected chi connectivity index (χ4v) is 3.26. The molecule has 1 aromatic carbocycles. The van der Waals surface area contributed by atoms with Gasteiger partial charge in [0.05, 0.1) is 11.8 Å². The van der Waals surface area contributed by atoms with Gasteiger partial charge in [-0.2, -0.15) is 0 Å². The van der Waals surface area contributed by atoms with Crippen molar-refractivity contribution in [3.63, 3.8) is 0 Å². The largest absolute Gasteiger partial charge is 0.473 e. The summed E-state index contributed by atoms with van der Waals surface area (Å²) in [5.41, 5.74) is 4.54. The molecule has 8 nitrogen and oxygen atoms in total. The fraction of sp³-hybridized carbons (Fsp3) is 0.360. The zero-order valence-electron chi connectivity index (χ0n) is 19.2. The smallest absolute Gasteiger partial charge is 0.414 e. The van der Waals surface area contributed by atoms with E-state index in [2.05, 4.69) is 47.1 Å². The van der Waals surface area contributed by atoms with Gasteiger partial charge in [-0.05, 0) is 64.4 Å². The molecule has 176 valence electrons. The number of ether oxygens (including phenoxy) is 1. The molecule has 2 heterocycles. The molecular formula is C25H30N2O6. The van der Waals surface area contributed by atoms with E-state index in [0.717, 1.165) is 36.5 Å². The van der Waals surface area contributed by atoms with Gasteiger partial charge in [-0.1, -0.05) is 42.0 Å². The van der Waals surface area contributed by atoms with Crippen molar-refractivity contribution in [3.05, 3.63) is 71.1 Å². The standard InChI is InChI=1S/C23H28N2O2.C2H2O4/c1-17(2)27-23(26)22-8-6-7-21(24-22)20(13-16-25-14-4-5-15-25)19-11-9-18(3)10-12-19;3-1(4)2(5)6/h6-13,17H,4-5,14-16H2,1-3H3;(H,3,4)(H,5,6)/b20-13-;. The first kappa shape index (κ1) is 25.7. The molecule has 1 aliphatic heterocycles. The van der Waals surface area contributed by atoms with Crippen LogP contribution >= 0.6 is 0 Å². The quantitative estimate of drug-likeness (QED) is 0.502. The molecular weight excluding hydrogens is 424 g/mol. The van der Waals surface area contributed by atoms with Crippen molar-refractivity contribution in [2.75, 3.05) is 19.6 Å². The summed E-state index contributed by atoms with van der Waals surface area (Å²) in [6, 6.07) is 14.0. The Kier molecular flexibility index (Phi) is 9.75. The van der Waals surface area contributed by atoms with Crippen molar-refractivity contribution in [2.45, 2.75) is 39.7 Å². The first-order chi connectivity index (χ1) is 15.7. The number of pyridine rings is 1. The Morgan fingerprint density at radius 2 is 1.58 bits per heavy atom. The second kappa shape index (κ2) is 12.5. The third-order valence-corrected chi connectivity index (χ3v) is 4.87. The van der Waals surface area contributed by atoms with Gasteiger partial charge in [-0.25, -0.2) is 19.4 Å². The number of esters is 1. The fourth-order valence-electron chi connectivity index (χ4n) is 3.26. The van der Waals surface area contributed by atoms with Crippen LogP contribution in [0.2, 0.25) is 0 Å². The Bertz CT molecular complexity index is 980. The predicted octanol–water partition coefficient (Wildman–Crippen LogP) is 3.64. The van der Waals surface area contributed by atoms with Gasteiger partial charge in [0, 0.05) is 12.1 Å². The minimum atomic E-state index is -1.82. The SMILES string of the molecule is Cc1ccc(/C(=C/CN2CCCC2)c2cccc(C(=O)OC(C)C)n2)cc1.O=C(O)C(=O)O. The van der Waals surface area contributed by atoms with Crippen LogP contribution < -0.4 is 0 Å². The van der Waals surface area contributed by atoms with E-state index in [1.54, 1.807) is 6.07 Å². The number of carbonyl (C=O) groups is 3. The van der Waals surface area contributed by atoms with E-state index < -0.39 is 11.9 Å². The number of hydrogen-bond acceptors (Lipinski definition) is 6. The van der Waals surface area contributed by atoms with Crippen molar-refractivity contribution in [2.24, 2.45) is 0 Å². The van der Waals surface area contributed by atoms with Crippen LogP contribution in [0.1, 0.15) is 54.0 Å². The summed E-state index contributed by atoms with van der Waals surface area (Å²) >= 11 is 0. The number of aliphatic carboxylic acids is 2. The molecule has 0 bridgehead atoms. The maximum absolute atomic E-state index is 12.3. The number of carboxylic acid groups (broad SMARTS) is 2. The molecule has 0 radical (unpaired) electrons. The number of nitrogens with zero attached hydrogens (tertiary/aromatic N) is 2. The lowest BCUT2D eigenvalue weighted by atomic mass is 10.00. The van der Waals surface area contributed by atoms with E-state index in [9.17, 15) is 4.79 Å². The van der Waals surface area contributed by atoms with E-state index in [1.807, 2.05) is 26.0 Å². The molecule has 0 amide bonds. The number of hydrogen-bond donors (Lipinski definition) is 2. The normalized spacial score (nSPS) is 13.9. The number of aromatic nitrogens is 1. The minimum absolute atomic E-state index is 0.162. The Hall–Kier alpha value is -3.52. The predicted molar refractivity (Wildman–Crippen MR) is 124 cm³/mol. The van der Waals surface area contributed by atoms with Crippen LogP contribution in [-0.4, -0.2) is 63.7 Å². The molecule has 2 N–H and O–H groups in total. The minimum Gasteiger partial charge on any atom is -0.473 e. The average Bonchev–Trinajstić information content (AvgIpc) is 3.29. The molecule has 33 heavy (non-hydrogen) atoms. The number of aryl methyl sites for hydroxylation is 1. The summed E-state index contributed by atoms with van der Waals surface area (Å²) in [6.45, 7) is 8.95. The third kappa shape index (κ3) is 8.50. The number of carbonyl (C=O) groups excluding carboxylic acids is 1. The monoisotopic (exact) mass is 454 g/mol. The van der Waals surface area contributed by atoms with Crippen LogP contribution in [-0.2, 0) is 14.3 Å². The lowest BCUT2D eigenvalue weighted by molar-refractivity contribution is -0.159. The van der Waals surface area contributed by atoms with Gasteiger partial charge >= 0.3 is 17.9 Å². The third-order valence-electron chi connectivity index (χ3n) is 4.87. The average molecular weight is 455 g/mol. The van der Waals surface area contributed by atoms with Gasteiger partial charge in [0.1, 0.15) is 5.69 Å². The molecule has 1 fully saturated rings. The molecule has 3 rings (SSSR count). The highest BCUT2D eigenvalue weighted by Crippen LogP contribution is 2.23. The van der Waals surface area contributed by atoms with Gasteiger partial charge in [-0.3, -0.25) is 4.90 Å². The molecule has 0 spiro atoms. The maximum Gasteiger partial charge on any atom is 0.414 e. The zero-order valence-corrected chi connectivity index (χ0v) is 19.2. The Morgan fingerprint density at radius 3 is 2.12 bits per heavy atom. The first-order valence-corrected chi connectivity index (χ1v) is 10.8. The second-order valence-electron chi connectivity index (χ2n) is 7.96. The van der Waals surface area contributed by atoms with Crippen LogP contribution in [0, 0.1) is 6.92 Å². The van der Waals surface area contributed by atoms with Crippen LogP contribution in [0.3, 0.4) is 0 Å². The molecule has 8 heteroatoms. The lowest BCUT2D eigenvalue weighted by Crippen LogP contribution is -2.19. The van der Waals surface area contributed by atoms with E-state index in [-0.39, 0.29) is 12.1 Å². The van der Waals surface area contributed by atoms with Gasteiger partial charge < -0.3 is 14.9 Å². The van der Waals surface area contributed by atoms with E-state index in [1.165, 1.54) is 18.4 Å². The Labute approximate surface area is 193 Å². The first-order valence-electron chi connectivity index (χ1n) is 10.8. The number of benzene rings is 1. The van der Waals surface area contributed by atoms with Gasteiger partial charge in [-0.15, -0.1) is 0 Å². The topological polar surface area (TPSA) is 117 Å². The van der Waals surface area contributed by atoms with Crippen molar-refractivity contribution in [1.29, 1.82) is 0 Å². The highest BCUT2D eigenvalue weighted by Gasteiger charge is 2.15. The van der Waals surface area contributed by atoms with Crippen molar-refractivity contribution < 1.29 is 29.3 Å². The summed E-state index contributed by atoms with van der Waals surface area (Å²) in [5.74, 6) is -4.03. The highest BCUT2D eigenvalue weighted by atomic mass is 16.5. The van der Waals surface area contributed by atoms with Crippen molar-refractivity contribution in [3.8, 4) is 0 Å². The summed E-state index contributed by atoms with van der Waals surface area (Å²) in [4.78, 5) is 37.5. The molecule has 1 aromatic heterocycles. The summed E-state index contributed by atoms with van der Waals surface area (Å²) < 4.78 is 5.30. The Balaban J connectivity index is 0.000000569. The molecule has 1 aliphatic rings. The number of carboxylic acids is 2. The summed E-state index contributed by atoms with van der Waals surface area (Å²) in [5, 5.41) is 14.8. The second-order valence-corrected chi connectivity index (χ2v) is 7.96. The summed E-state index contributed by atoms with van der Waals surface area (Å²) in [7, 11) is 0. The maximum atomic E-state index is 12.3. The van der Waals surface area contributed by atoms with Crippen molar-refractivity contribution in [1.82, 2.24) is 9.88 Å². The number of rotatable bonds is 6. The van der Waals surface area contributed by atoms with E-state index in [0.29, 0.717) is 5.69 Å². The highest BCUT2D eigenvalue weighted by molar-refractivity contribution is 6.27. The Morgan fingerprint density at radius 1 is 1.00 bits per heavy atom. The van der Waals surface area contributed by atoms with Gasteiger partial charge in [0.2, 0.25) is 0 Å². The lowest BCUT2D eigenvalue weighted by Gasteiger charge is -2.15. The number of likely N-dealkylation sites (tertiary alicyclic amines) is 1. The van der Waals surface area contributed by atoms with Crippen molar-refractivity contribution >= 4 is 23.5 Å². The van der Waals surface area contributed by atoms with Crippen LogP contribution in [0.25, 0.3) is 5.57 Å². The van der Waals surface area contributed by atoms with Crippen LogP contribution in [0.5, 0.6) is 0 Å². The van der Waals surface area contributed by atoms with Crippen LogP contribution in [0.4, 0.5) is 0 Å². The molecule has 0 saturated carbocycles. The van der Waals surface area contributed by atoms with Gasteiger partial charge in [0.25, 0.3) is 0 Å².